The fourth-order valence-electron chi connectivity index (χ4n) is 3.80. The third kappa shape index (κ3) is 3.46. The molecule has 0 amide bonds. The fraction of sp³-hybridized carbons (Fsp3) is 0.381. The Kier molecular flexibility index (Phi) is 4.81. The second-order valence-corrected chi connectivity index (χ2v) is 6.68. The van der Waals surface area contributed by atoms with Crippen molar-refractivity contribution in [1.82, 2.24) is 4.90 Å². The fourth-order valence-corrected chi connectivity index (χ4v) is 3.80. The number of Topliss-reactive ketones (excluding diaryl/α,β-unsaturated/α-hetero) is 1. The van der Waals surface area contributed by atoms with Crippen LogP contribution in [0.2, 0.25) is 0 Å². The van der Waals surface area contributed by atoms with E-state index in [4.69, 9.17) is 4.74 Å². The van der Waals surface area contributed by atoms with Gasteiger partial charge in [0.2, 0.25) is 0 Å². The van der Waals surface area contributed by atoms with Gasteiger partial charge in [0.25, 0.3) is 0 Å². The lowest BCUT2D eigenvalue weighted by atomic mass is 9.95. The molecule has 0 spiro atoms. The lowest BCUT2D eigenvalue weighted by molar-refractivity contribution is 0.0398. The molecule has 0 aromatic heterocycles. The summed E-state index contributed by atoms with van der Waals surface area (Å²) in [6, 6.07) is 14.6. The first-order valence-electron chi connectivity index (χ1n) is 9.11. The molecule has 2 aromatic rings. The topological polar surface area (TPSA) is 41.6 Å². The minimum Gasteiger partial charge on any atom is -0.383 e. The molecule has 0 bridgehead atoms. The molecule has 2 aliphatic rings. The number of hydrogen-bond acceptors (Lipinski definition) is 4. The van der Waals surface area contributed by atoms with E-state index in [1.165, 1.54) is 16.7 Å². The number of carbonyl (C=O) groups excluding carboxylic acids is 1. The van der Waals surface area contributed by atoms with Crippen LogP contribution in [0.25, 0.3) is 11.1 Å². The van der Waals surface area contributed by atoms with Crippen LogP contribution < -0.4 is 5.32 Å². The van der Waals surface area contributed by atoms with Gasteiger partial charge in [0.15, 0.2) is 5.78 Å². The summed E-state index contributed by atoms with van der Waals surface area (Å²) in [5, 5.41) is 3.50. The van der Waals surface area contributed by atoms with Crippen LogP contribution in [0.5, 0.6) is 0 Å². The van der Waals surface area contributed by atoms with Gasteiger partial charge in [0.1, 0.15) is 0 Å². The third-order valence-electron chi connectivity index (χ3n) is 5.13. The van der Waals surface area contributed by atoms with Crippen molar-refractivity contribution < 1.29 is 9.53 Å². The van der Waals surface area contributed by atoms with E-state index in [-0.39, 0.29) is 5.78 Å². The van der Waals surface area contributed by atoms with E-state index in [0.29, 0.717) is 6.42 Å². The van der Waals surface area contributed by atoms with Gasteiger partial charge in [-0.25, -0.2) is 0 Å². The third-order valence-corrected chi connectivity index (χ3v) is 5.13. The van der Waals surface area contributed by atoms with Gasteiger partial charge in [-0.05, 0) is 29.2 Å². The van der Waals surface area contributed by atoms with Gasteiger partial charge in [-0.1, -0.05) is 36.4 Å². The molecule has 1 saturated heterocycles. The van der Waals surface area contributed by atoms with E-state index in [9.17, 15) is 4.79 Å². The van der Waals surface area contributed by atoms with E-state index in [2.05, 4.69) is 34.5 Å². The number of ketones is 1. The van der Waals surface area contributed by atoms with E-state index in [1.54, 1.807) is 0 Å². The molecule has 4 heteroatoms. The molecule has 0 atom stereocenters. The van der Waals surface area contributed by atoms with Crippen molar-refractivity contribution in [2.75, 3.05) is 44.7 Å². The summed E-state index contributed by atoms with van der Waals surface area (Å²) >= 11 is 0. The molecule has 0 unspecified atom stereocenters. The van der Waals surface area contributed by atoms with Crippen LogP contribution >= 0.6 is 0 Å². The van der Waals surface area contributed by atoms with Crippen LogP contribution in [0, 0.1) is 0 Å². The molecule has 2 aromatic carbocycles. The van der Waals surface area contributed by atoms with Crippen molar-refractivity contribution in [2.45, 2.75) is 12.8 Å². The monoisotopic (exact) mass is 336 g/mol. The average molecular weight is 336 g/mol. The second kappa shape index (κ2) is 7.38. The molecule has 1 N–H and O–H groups in total. The maximum atomic E-state index is 12.5. The number of hydrogen-bond donors (Lipinski definition) is 1. The Labute approximate surface area is 148 Å². The minimum atomic E-state index is 0.265. The van der Waals surface area contributed by atoms with Gasteiger partial charge >= 0.3 is 0 Å². The van der Waals surface area contributed by atoms with Crippen LogP contribution in [0.15, 0.2) is 42.5 Å². The Morgan fingerprint density at radius 3 is 2.60 bits per heavy atom. The lowest BCUT2D eigenvalue weighted by Gasteiger charge is -2.26. The van der Waals surface area contributed by atoms with Crippen molar-refractivity contribution in [2.24, 2.45) is 0 Å². The summed E-state index contributed by atoms with van der Waals surface area (Å²) in [5.41, 5.74) is 5.48. The minimum absolute atomic E-state index is 0.265. The predicted molar refractivity (Wildman–Crippen MR) is 100 cm³/mol. The first-order valence-corrected chi connectivity index (χ1v) is 9.11. The number of nitrogens with zero attached hydrogens (tertiary/aromatic N) is 1. The summed E-state index contributed by atoms with van der Waals surface area (Å²) in [4.78, 5) is 14.9. The number of ether oxygens (including phenoxy) is 1. The molecular formula is C21H24N2O2. The maximum Gasteiger partial charge on any atom is 0.165 e. The molecule has 1 aliphatic heterocycles. The second-order valence-electron chi connectivity index (χ2n) is 6.68. The molecule has 4 rings (SSSR count). The Hall–Kier alpha value is -2.17. The van der Waals surface area contributed by atoms with Crippen molar-refractivity contribution in [3.8, 4) is 11.1 Å². The standard InChI is InChI=1S/C21H24N2O2/c24-20-9-7-18-17(16-4-2-1-3-5-16)6-8-19(21(18)20)22-10-11-23-12-14-25-15-13-23/h1-6,8,22H,7,9-15H2. The summed E-state index contributed by atoms with van der Waals surface area (Å²) in [7, 11) is 0. The molecule has 130 valence electrons. The van der Waals surface area contributed by atoms with E-state index < -0.39 is 0 Å². The Morgan fingerprint density at radius 2 is 1.80 bits per heavy atom. The van der Waals surface area contributed by atoms with Crippen LogP contribution in [0.1, 0.15) is 22.3 Å². The van der Waals surface area contributed by atoms with Crippen LogP contribution in [-0.2, 0) is 11.2 Å². The van der Waals surface area contributed by atoms with Gasteiger partial charge in [-0.15, -0.1) is 0 Å². The zero-order chi connectivity index (χ0) is 17.1. The Morgan fingerprint density at radius 1 is 1.00 bits per heavy atom. The predicted octanol–water partition coefficient (Wildman–Crippen LogP) is 3.23. The van der Waals surface area contributed by atoms with Gasteiger partial charge in [0.05, 0.1) is 13.2 Å². The number of fused-ring (bicyclic) bond motifs is 1. The number of carbonyl (C=O) groups is 1. The summed E-state index contributed by atoms with van der Waals surface area (Å²) < 4.78 is 5.39. The SMILES string of the molecule is O=C1CCc2c(-c3ccccc3)ccc(NCCN3CCOCC3)c21. The van der Waals surface area contributed by atoms with Crippen LogP contribution in [-0.4, -0.2) is 50.1 Å². The first kappa shape index (κ1) is 16.3. The van der Waals surface area contributed by atoms with Gasteiger partial charge in [-0.2, -0.15) is 0 Å². The highest BCUT2D eigenvalue weighted by Gasteiger charge is 2.26. The normalized spacial score (nSPS) is 17.5. The average Bonchev–Trinajstić information content (AvgIpc) is 3.06. The lowest BCUT2D eigenvalue weighted by Crippen LogP contribution is -2.39. The van der Waals surface area contributed by atoms with Crippen molar-refractivity contribution in [3.05, 3.63) is 53.6 Å². The smallest absolute Gasteiger partial charge is 0.165 e. The summed E-state index contributed by atoms with van der Waals surface area (Å²) in [6.45, 7) is 5.45. The number of benzene rings is 2. The highest BCUT2D eigenvalue weighted by molar-refractivity contribution is 6.07. The number of nitrogens with one attached hydrogen (secondary N) is 1. The van der Waals surface area contributed by atoms with E-state index >= 15 is 0 Å². The molecule has 1 heterocycles. The quantitative estimate of drug-likeness (QED) is 0.910. The Balaban J connectivity index is 1.53. The molecule has 1 fully saturated rings. The zero-order valence-corrected chi connectivity index (χ0v) is 14.5. The van der Waals surface area contributed by atoms with Crippen molar-refractivity contribution in [3.63, 3.8) is 0 Å². The number of morpholine rings is 1. The number of anilines is 1. The molecule has 4 nitrogen and oxygen atoms in total. The molecular weight excluding hydrogens is 312 g/mol. The first-order chi connectivity index (χ1) is 12.3. The van der Waals surface area contributed by atoms with Gasteiger partial charge in [0, 0.05) is 43.9 Å². The van der Waals surface area contributed by atoms with Crippen LogP contribution in [0.3, 0.4) is 0 Å². The zero-order valence-electron chi connectivity index (χ0n) is 14.5. The molecule has 25 heavy (non-hydrogen) atoms. The highest BCUT2D eigenvalue weighted by atomic mass is 16.5. The molecule has 0 radical (unpaired) electrons. The Bertz CT molecular complexity index is 752. The molecule has 1 aliphatic carbocycles. The highest BCUT2D eigenvalue weighted by Crippen LogP contribution is 2.36. The van der Waals surface area contributed by atoms with Crippen molar-refractivity contribution in [1.29, 1.82) is 0 Å². The summed E-state index contributed by atoms with van der Waals surface area (Å²) in [6.07, 6.45) is 1.47. The largest absolute Gasteiger partial charge is 0.383 e. The van der Waals surface area contributed by atoms with Gasteiger partial charge in [-0.3, -0.25) is 9.69 Å². The summed E-state index contributed by atoms with van der Waals surface area (Å²) in [5.74, 6) is 0.265. The van der Waals surface area contributed by atoms with E-state index in [0.717, 1.165) is 57.1 Å². The maximum absolute atomic E-state index is 12.5. The van der Waals surface area contributed by atoms with Crippen molar-refractivity contribution >= 4 is 11.5 Å². The van der Waals surface area contributed by atoms with Crippen LogP contribution in [0.4, 0.5) is 5.69 Å². The molecule has 0 saturated carbocycles. The van der Waals surface area contributed by atoms with Gasteiger partial charge < -0.3 is 10.1 Å². The number of rotatable bonds is 5. The van der Waals surface area contributed by atoms with E-state index in [1.807, 2.05) is 18.2 Å².